The van der Waals surface area contributed by atoms with Crippen LogP contribution in [-0.4, -0.2) is 17.3 Å². The fourth-order valence-electron chi connectivity index (χ4n) is 2.25. The Bertz CT molecular complexity index is 332. The van der Waals surface area contributed by atoms with E-state index in [9.17, 15) is 5.11 Å². The molecular formula is C12H18BrNO2. The topological polar surface area (TPSA) is 45.4 Å². The van der Waals surface area contributed by atoms with E-state index in [1.807, 2.05) is 12.1 Å². The van der Waals surface area contributed by atoms with Gasteiger partial charge in [-0.1, -0.05) is 19.3 Å². The molecule has 0 aliphatic heterocycles. The summed E-state index contributed by atoms with van der Waals surface area (Å²) in [5, 5.41) is 13.5. The molecule has 0 amide bonds. The van der Waals surface area contributed by atoms with Gasteiger partial charge in [0.15, 0.2) is 4.67 Å². The number of furan rings is 1. The summed E-state index contributed by atoms with van der Waals surface area (Å²) in [5.74, 6) is 0.895. The molecule has 2 N–H and O–H groups in total. The van der Waals surface area contributed by atoms with Gasteiger partial charge in [0.2, 0.25) is 0 Å². The summed E-state index contributed by atoms with van der Waals surface area (Å²) < 4.78 is 6.13. The zero-order chi connectivity index (χ0) is 11.4. The van der Waals surface area contributed by atoms with Gasteiger partial charge in [-0.25, -0.2) is 0 Å². The lowest BCUT2D eigenvalue weighted by Gasteiger charge is -2.32. The van der Waals surface area contributed by atoms with E-state index in [2.05, 4.69) is 21.2 Å². The molecule has 0 spiro atoms. The summed E-state index contributed by atoms with van der Waals surface area (Å²) in [5.41, 5.74) is -0.498. The summed E-state index contributed by atoms with van der Waals surface area (Å²) in [7, 11) is 0. The van der Waals surface area contributed by atoms with Gasteiger partial charge in [-0.05, 0) is 40.9 Å². The third kappa shape index (κ3) is 3.34. The fourth-order valence-corrected chi connectivity index (χ4v) is 2.59. The molecule has 1 aromatic rings. The average molecular weight is 288 g/mol. The Hall–Kier alpha value is -0.320. The molecule has 1 aliphatic rings. The molecule has 4 heteroatoms. The molecular weight excluding hydrogens is 270 g/mol. The Kier molecular flexibility index (Phi) is 4.05. The lowest BCUT2D eigenvalue weighted by Crippen LogP contribution is -2.41. The first kappa shape index (κ1) is 12.1. The number of halogens is 1. The van der Waals surface area contributed by atoms with Crippen molar-refractivity contribution in [1.82, 2.24) is 5.32 Å². The molecule has 16 heavy (non-hydrogen) atoms. The molecule has 2 rings (SSSR count). The lowest BCUT2D eigenvalue weighted by molar-refractivity contribution is 0.00437. The van der Waals surface area contributed by atoms with Crippen LogP contribution in [0.4, 0.5) is 0 Å². The highest BCUT2D eigenvalue weighted by molar-refractivity contribution is 9.10. The minimum Gasteiger partial charge on any atom is -0.453 e. The summed E-state index contributed by atoms with van der Waals surface area (Å²) >= 11 is 3.27. The molecule has 90 valence electrons. The van der Waals surface area contributed by atoms with Crippen LogP contribution in [0.1, 0.15) is 37.9 Å². The van der Waals surface area contributed by atoms with Gasteiger partial charge < -0.3 is 14.8 Å². The predicted octanol–water partition coefficient (Wildman–Crippen LogP) is 2.83. The van der Waals surface area contributed by atoms with Crippen LogP contribution < -0.4 is 5.32 Å². The van der Waals surface area contributed by atoms with Gasteiger partial charge in [0.25, 0.3) is 0 Å². The van der Waals surface area contributed by atoms with E-state index in [-0.39, 0.29) is 0 Å². The number of rotatable bonds is 4. The first-order valence-electron chi connectivity index (χ1n) is 5.85. The van der Waals surface area contributed by atoms with Crippen molar-refractivity contribution in [2.75, 3.05) is 6.54 Å². The van der Waals surface area contributed by atoms with Crippen molar-refractivity contribution in [1.29, 1.82) is 0 Å². The Balaban J connectivity index is 1.74. The van der Waals surface area contributed by atoms with Crippen LogP contribution >= 0.6 is 15.9 Å². The summed E-state index contributed by atoms with van der Waals surface area (Å²) in [4.78, 5) is 0. The van der Waals surface area contributed by atoms with Crippen molar-refractivity contribution < 1.29 is 9.52 Å². The van der Waals surface area contributed by atoms with Gasteiger partial charge in [-0.3, -0.25) is 0 Å². The molecule has 1 fully saturated rings. The van der Waals surface area contributed by atoms with Crippen LogP contribution in [0, 0.1) is 0 Å². The highest BCUT2D eigenvalue weighted by Crippen LogP contribution is 2.27. The highest BCUT2D eigenvalue weighted by atomic mass is 79.9. The molecule has 0 saturated heterocycles. The Morgan fingerprint density at radius 1 is 1.31 bits per heavy atom. The van der Waals surface area contributed by atoms with E-state index >= 15 is 0 Å². The standard InChI is InChI=1S/C12H18BrNO2/c13-11-5-4-10(16-11)8-14-9-12(15)6-2-1-3-7-12/h4-5,14-15H,1-3,6-9H2. The second-order valence-electron chi connectivity index (χ2n) is 4.59. The lowest BCUT2D eigenvalue weighted by atomic mass is 9.85. The van der Waals surface area contributed by atoms with E-state index in [0.29, 0.717) is 13.1 Å². The predicted molar refractivity (Wildman–Crippen MR) is 66.1 cm³/mol. The molecule has 0 unspecified atom stereocenters. The van der Waals surface area contributed by atoms with Gasteiger partial charge in [0.1, 0.15) is 5.76 Å². The second-order valence-corrected chi connectivity index (χ2v) is 5.38. The largest absolute Gasteiger partial charge is 0.453 e. The van der Waals surface area contributed by atoms with Crippen LogP contribution in [-0.2, 0) is 6.54 Å². The Morgan fingerprint density at radius 3 is 2.69 bits per heavy atom. The summed E-state index contributed by atoms with van der Waals surface area (Å²) in [6.45, 7) is 1.33. The van der Waals surface area contributed by atoms with Crippen LogP contribution in [0.3, 0.4) is 0 Å². The zero-order valence-corrected chi connectivity index (χ0v) is 10.9. The Morgan fingerprint density at radius 2 is 2.06 bits per heavy atom. The van der Waals surface area contributed by atoms with Gasteiger partial charge in [0, 0.05) is 6.54 Å². The Labute approximate surface area is 104 Å². The van der Waals surface area contributed by atoms with Gasteiger partial charge in [-0.2, -0.15) is 0 Å². The summed E-state index contributed by atoms with van der Waals surface area (Å²) in [6, 6.07) is 3.81. The maximum atomic E-state index is 10.3. The molecule has 1 aromatic heterocycles. The third-order valence-electron chi connectivity index (χ3n) is 3.17. The second kappa shape index (κ2) is 5.34. The van der Waals surface area contributed by atoms with Crippen LogP contribution in [0.2, 0.25) is 0 Å². The first-order chi connectivity index (χ1) is 7.68. The van der Waals surface area contributed by atoms with Crippen molar-refractivity contribution in [2.45, 2.75) is 44.2 Å². The number of hydrogen-bond donors (Lipinski definition) is 2. The molecule has 0 aromatic carbocycles. The minimum absolute atomic E-state index is 0.498. The average Bonchev–Trinajstić information content (AvgIpc) is 2.65. The molecule has 0 atom stereocenters. The number of aliphatic hydroxyl groups is 1. The zero-order valence-electron chi connectivity index (χ0n) is 9.34. The van der Waals surface area contributed by atoms with Crippen LogP contribution in [0.25, 0.3) is 0 Å². The monoisotopic (exact) mass is 287 g/mol. The van der Waals surface area contributed by atoms with Gasteiger partial charge >= 0.3 is 0 Å². The van der Waals surface area contributed by atoms with Crippen molar-refractivity contribution in [3.05, 3.63) is 22.6 Å². The van der Waals surface area contributed by atoms with E-state index in [1.54, 1.807) is 0 Å². The highest BCUT2D eigenvalue weighted by Gasteiger charge is 2.28. The van der Waals surface area contributed by atoms with Crippen molar-refractivity contribution in [3.8, 4) is 0 Å². The third-order valence-corrected chi connectivity index (χ3v) is 3.59. The van der Waals surface area contributed by atoms with E-state index < -0.39 is 5.60 Å². The van der Waals surface area contributed by atoms with Crippen molar-refractivity contribution >= 4 is 15.9 Å². The van der Waals surface area contributed by atoms with Crippen molar-refractivity contribution in [2.24, 2.45) is 0 Å². The quantitative estimate of drug-likeness (QED) is 0.895. The molecule has 1 aliphatic carbocycles. The SMILES string of the molecule is OC1(CNCc2ccc(Br)o2)CCCCC1. The molecule has 3 nitrogen and oxygen atoms in total. The van der Waals surface area contributed by atoms with Gasteiger partial charge in [0.05, 0.1) is 12.1 Å². The van der Waals surface area contributed by atoms with Crippen LogP contribution in [0.15, 0.2) is 21.2 Å². The number of nitrogens with one attached hydrogen (secondary N) is 1. The number of hydrogen-bond acceptors (Lipinski definition) is 3. The normalized spacial score (nSPS) is 19.9. The van der Waals surface area contributed by atoms with E-state index in [4.69, 9.17) is 4.42 Å². The van der Waals surface area contributed by atoms with E-state index in [0.717, 1.165) is 36.1 Å². The van der Waals surface area contributed by atoms with Gasteiger partial charge in [-0.15, -0.1) is 0 Å². The van der Waals surface area contributed by atoms with E-state index in [1.165, 1.54) is 6.42 Å². The summed E-state index contributed by atoms with van der Waals surface area (Å²) in [6.07, 6.45) is 5.38. The minimum atomic E-state index is -0.498. The molecule has 1 saturated carbocycles. The van der Waals surface area contributed by atoms with Crippen LogP contribution in [0.5, 0.6) is 0 Å². The fraction of sp³-hybridized carbons (Fsp3) is 0.667. The smallest absolute Gasteiger partial charge is 0.169 e. The molecule has 0 bridgehead atoms. The first-order valence-corrected chi connectivity index (χ1v) is 6.65. The molecule has 0 radical (unpaired) electrons. The van der Waals surface area contributed by atoms with Crippen molar-refractivity contribution in [3.63, 3.8) is 0 Å². The maximum absolute atomic E-state index is 10.3. The maximum Gasteiger partial charge on any atom is 0.169 e. The molecule has 1 heterocycles.